The van der Waals surface area contributed by atoms with Gasteiger partial charge < -0.3 is 10.0 Å². The van der Waals surface area contributed by atoms with Gasteiger partial charge in [0.15, 0.2) is 0 Å². The van der Waals surface area contributed by atoms with Crippen molar-refractivity contribution in [1.82, 2.24) is 9.80 Å². The molecule has 0 bridgehead atoms. The van der Waals surface area contributed by atoms with Crippen LogP contribution in [0.15, 0.2) is 48.5 Å². The first-order valence-corrected chi connectivity index (χ1v) is 15.1. The second-order valence-corrected chi connectivity index (χ2v) is 12.3. The second kappa shape index (κ2) is 13.4. The third-order valence-electron chi connectivity index (χ3n) is 9.73. The topological polar surface area (TPSA) is 43.8 Å². The van der Waals surface area contributed by atoms with Crippen molar-refractivity contribution in [3.63, 3.8) is 0 Å². The molecule has 3 atom stereocenters. The molecule has 0 spiro atoms. The predicted octanol–water partition coefficient (Wildman–Crippen LogP) is 6.75. The maximum absolute atomic E-state index is 14.2. The average molecular weight is 539 g/mol. The van der Waals surface area contributed by atoms with E-state index in [2.05, 4.69) is 15.9 Å². The van der Waals surface area contributed by atoms with Gasteiger partial charge in [-0.3, -0.25) is 9.69 Å². The van der Waals surface area contributed by atoms with E-state index in [0.717, 1.165) is 69.9 Å². The van der Waals surface area contributed by atoms with E-state index in [0.29, 0.717) is 11.8 Å². The summed E-state index contributed by atoms with van der Waals surface area (Å²) in [5, 5.41) is 9.71. The van der Waals surface area contributed by atoms with Gasteiger partial charge in [-0.2, -0.15) is 0 Å². The molecule has 3 unspecified atom stereocenters. The summed E-state index contributed by atoms with van der Waals surface area (Å²) in [6, 6.07) is 14.0. The summed E-state index contributed by atoms with van der Waals surface area (Å²) in [4.78, 5) is 16.9. The molecule has 3 aliphatic rings. The van der Waals surface area contributed by atoms with Gasteiger partial charge in [-0.05, 0) is 105 Å². The van der Waals surface area contributed by atoms with Crippen LogP contribution in [0.2, 0.25) is 0 Å². The first kappa shape index (κ1) is 28.2. The van der Waals surface area contributed by atoms with E-state index in [9.17, 15) is 18.7 Å². The quantitative estimate of drug-likeness (QED) is 0.344. The first-order valence-electron chi connectivity index (χ1n) is 15.1. The van der Waals surface area contributed by atoms with Crippen molar-refractivity contribution in [2.24, 2.45) is 17.8 Å². The molecule has 2 aromatic carbocycles. The van der Waals surface area contributed by atoms with Crippen LogP contribution in [0.4, 0.5) is 8.78 Å². The number of carbonyl (C=O) groups is 1. The molecule has 0 aromatic heterocycles. The van der Waals surface area contributed by atoms with E-state index < -0.39 is 5.97 Å². The molecule has 2 aliphatic heterocycles. The molecule has 212 valence electrons. The summed E-state index contributed by atoms with van der Waals surface area (Å²) in [5.41, 5.74) is 2.26. The molecule has 2 saturated heterocycles. The SMILES string of the molecule is O=C(O)CC(C1CCCC1)N1CC(CN2CCC(CCCc3ccc(F)cc3)CC2)C(c2cccc(F)c2)C1. The van der Waals surface area contributed by atoms with Crippen molar-refractivity contribution >= 4 is 5.97 Å². The number of halogens is 2. The maximum Gasteiger partial charge on any atom is 0.304 e. The molecule has 3 fully saturated rings. The second-order valence-electron chi connectivity index (χ2n) is 12.3. The zero-order valence-electron chi connectivity index (χ0n) is 23.1. The highest BCUT2D eigenvalue weighted by atomic mass is 19.1. The first-order chi connectivity index (χ1) is 18.9. The Hall–Kier alpha value is -2.31. The molecule has 6 heteroatoms. The van der Waals surface area contributed by atoms with E-state index in [1.807, 2.05) is 18.2 Å². The highest BCUT2D eigenvalue weighted by molar-refractivity contribution is 5.67. The van der Waals surface area contributed by atoms with Crippen LogP contribution in [0.5, 0.6) is 0 Å². The number of nitrogens with zero attached hydrogens (tertiary/aromatic N) is 2. The largest absolute Gasteiger partial charge is 0.481 e. The number of aryl methyl sites for hydroxylation is 1. The molecule has 4 nitrogen and oxygen atoms in total. The zero-order chi connectivity index (χ0) is 27.2. The molecule has 1 saturated carbocycles. The van der Waals surface area contributed by atoms with Gasteiger partial charge in [0.2, 0.25) is 0 Å². The van der Waals surface area contributed by atoms with Crippen molar-refractivity contribution < 1.29 is 18.7 Å². The molecule has 5 rings (SSSR count). The summed E-state index contributed by atoms with van der Waals surface area (Å²) in [6.07, 6.45) is 10.6. The molecule has 2 aromatic rings. The molecular formula is C33H44F2N2O2. The van der Waals surface area contributed by atoms with Crippen LogP contribution in [-0.2, 0) is 11.2 Å². The molecular weight excluding hydrogens is 494 g/mol. The van der Waals surface area contributed by atoms with Gasteiger partial charge in [0, 0.05) is 31.6 Å². The molecule has 1 N–H and O–H groups in total. The highest BCUT2D eigenvalue weighted by Crippen LogP contribution is 2.40. The van der Waals surface area contributed by atoms with Crippen LogP contribution in [0.3, 0.4) is 0 Å². The van der Waals surface area contributed by atoms with Crippen LogP contribution >= 0.6 is 0 Å². The fourth-order valence-corrected chi connectivity index (χ4v) is 7.63. The average Bonchev–Trinajstić information content (AvgIpc) is 3.60. The lowest BCUT2D eigenvalue weighted by molar-refractivity contribution is -0.138. The van der Waals surface area contributed by atoms with E-state index in [-0.39, 0.29) is 30.0 Å². The monoisotopic (exact) mass is 538 g/mol. The third-order valence-corrected chi connectivity index (χ3v) is 9.73. The lowest BCUT2D eigenvalue weighted by atomic mass is 9.86. The number of carboxylic acid groups (broad SMARTS) is 1. The van der Waals surface area contributed by atoms with Gasteiger partial charge in [-0.15, -0.1) is 0 Å². The standard InChI is InChI=1S/C33H44F2N2O2/c34-29-13-11-24(12-14-29)5-3-6-25-15-17-36(18-16-25)21-28-22-37(23-31(28)27-9-4-10-30(35)19-27)32(20-33(38)39)26-7-1-2-8-26/h4,9-14,19,25-26,28,31-32H,1-3,5-8,15-18,20-23H2,(H,38,39). The minimum atomic E-state index is -0.709. The van der Waals surface area contributed by atoms with Crippen LogP contribution in [0.25, 0.3) is 0 Å². The number of benzene rings is 2. The van der Waals surface area contributed by atoms with Crippen molar-refractivity contribution in [1.29, 1.82) is 0 Å². The Morgan fingerprint density at radius 1 is 0.949 bits per heavy atom. The van der Waals surface area contributed by atoms with E-state index in [4.69, 9.17) is 0 Å². The smallest absolute Gasteiger partial charge is 0.304 e. The zero-order valence-corrected chi connectivity index (χ0v) is 23.1. The Bertz CT molecular complexity index is 1060. The number of aliphatic carboxylic acids is 1. The highest BCUT2D eigenvalue weighted by Gasteiger charge is 2.41. The maximum atomic E-state index is 14.2. The van der Waals surface area contributed by atoms with E-state index in [1.54, 1.807) is 18.2 Å². The molecule has 1 aliphatic carbocycles. The molecule has 0 radical (unpaired) electrons. The Morgan fingerprint density at radius 3 is 2.38 bits per heavy atom. The minimum Gasteiger partial charge on any atom is -0.481 e. The number of hydrogen-bond donors (Lipinski definition) is 1. The van der Waals surface area contributed by atoms with Gasteiger partial charge in [0.05, 0.1) is 6.42 Å². The van der Waals surface area contributed by atoms with Crippen molar-refractivity contribution in [3.8, 4) is 0 Å². The van der Waals surface area contributed by atoms with Gasteiger partial charge >= 0.3 is 5.97 Å². The van der Waals surface area contributed by atoms with Crippen molar-refractivity contribution in [2.45, 2.75) is 76.2 Å². The molecule has 2 heterocycles. The predicted molar refractivity (Wildman–Crippen MR) is 151 cm³/mol. The van der Waals surface area contributed by atoms with E-state index in [1.165, 1.54) is 43.7 Å². The van der Waals surface area contributed by atoms with Crippen LogP contribution in [0, 0.1) is 29.4 Å². The van der Waals surface area contributed by atoms with Crippen LogP contribution in [0.1, 0.15) is 74.8 Å². The summed E-state index contributed by atoms with van der Waals surface area (Å²) >= 11 is 0. The van der Waals surface area contributed by atoms with Gasteiger partial charge in [0.1, 0.15) is 11.6 Å². The fraction of sp³-hybridized carbons (Fsp3) is 0.606. The number of rotatable bonds is 11. The Kier molecular flexibility index (Phi) is 9.67. The Labute approximate surface area is 232 Å². The normalized spacial score (nSPS) is 24.4. The number of carboxylic acids is 1. The Morgan fingerprint density at radius 2 is 1.69 bits per heavy atom. The molecule has 0 amide bonds. The van der Waals surface area contributed by atoms with Crippen molar-refractivity contribution in [2.75, 3.05) is 32.7 Å². The summed E-state index contributed by atoms with van der Waals surface area (Å²) in [6.45, 7) is 4.89. The molecule has 39 heavy (non-hydrogen) atoms. The van der Waals surface area contributed by atoms with E-state index >= 15 is 0 Å². The number of piperidine rings is 1. The summed E-state index contributed by atoms with van der Waals surface area (Å²) < 4.78 is 27.4. The summed E-state index contributed by atoms with van der Waals surface area (Å²) in [7, 11) is 0. The van der Waals surface area contributed by atoms with Gasteiger partial charge in [-0.25, -0.2) is 8.78 Å². The number of likely N-dealkylation sites (tertiary alicyclic amines) is 2. The van der Waals surface area contributed by atoms with Crippen LogP contribution in [-0.4, -0.2) is 59.6 Å². The van der Waals surface area contributed by atoms with Gasteiger partial charge in [-0.1, -0.05) is 43.5 Å². The Balaban J connectivity index is 1.18. The lowest BCUT2D eigenvalue weighted by Gasteiger charge is -2.35. The van der Waals surface area contributed by atoms with Crippen LogP contribution < -0.4 is 0 Å². The van der Waals surface area contributed by atoms with Gasteiger partial charge in [0.25, 0.3) is 0 Å². The summed E-state index contributed by atoms with van der Waals surface area (Å²) in [5.74, 6) is 0.725. The third kappa shape index (κ3) is 7.67. The minimum absolute atomic E-state index is 0.0814. The number of hydrogen-bond acceptors (Lipinski definition) is 3. The van der Waals surface area contributed by atoms with Crippen molar-refractivity contribution in [3.05, 3.63) is 71.3 Å². The fourth-order valence-electron chi connectivity index (χ4n) is 7.63. The lowest BCUT2D eigenvalue weighted by Crippen LogP contribution is -2.41.